The fraction of sp³-hybridized carbons (Fsp3) is 0.538. The van der Waals surface area contributed by atoms with Crippen LogP contribution in [-0.2, 0) is 16.2 Å². The first-order chi connectivity index (χ1) is 17.5. The summed E-state index contributed by atoms with van der Waals surface area (Å²) >= 11 is 0. The van der Waals surface area contributed by atoms with Crippen LogP contribution in [0.3, 0.4) is 0 Å². The molecule has 0 unspecified atom stereocenters. The molecule has 4 rings (SSSR count). The van der Waals surface area contributed by atoms with Crippen molar-refractivity contribution in [2.45, 2.75) is 32.2 Å². The molecule has 0 atom stereocenters. The molecule has 2 saturated heterocycles. The van der Waals surface area contributed by atoms with E-state index in [0.29, 0.717) is 11.5 Å². The predicted molar refractivity (Wildman–Crippen MR) is 137 cm³/mol. The lowest BCUT2D eigenvalue weighted by Gasteiger charge is -2.37. The van der Waals surface area contributed by atoms with Gasteiger partial charge in [-0.3, -0.25) is 9.69 Å². The molecule has 0 radical (unpaired) electrons. The molecular weight excluding hydrogens is 460 g/mol. The number of anilines is 1. The van der Waals surface area contributed by atoms with Crippen LogP contribution in [-0.4, -0.2) is 78.9 Å². The quantitative estimate of drug-likeness (QED) is 0.438. The highest BCUT2D eigenvalue weighted by Crippen LogP contribution is 2.30. The van der Waals surface area contributed by atoms with E-state index in [0.717, 1.165) is 75.2 Å². The lowest BCUT2D eigenvalue weighted by Crippen LogP contribution is -2.46. The Morgan fingerprint density at radius 2 is 1.53 bits per heavy atom. The molecule has 0 bridgehead atoms. The van der Waals surface area contributed by atoms with Crippen molar-refractivity contribution < 1.29 is 19.1 Å². The number of benzene rings is 1. The van der Waals surface area contributed by atoms with E-state index >= 15 is 0 Å². The molecule has 2 aliphatic rings. The Balaban J connectivity index is 1.31. The fourth-order valence-electron chi connectivity index (χ4n) is 5.09. The maximum atomic E-state index is 13.3. The number of rotatable bonds is 8. The normalized spacial score (nSPS) is 18.2. The van der Waals surface area contributed by atoms with Crippen LogP contribution in [0.1, 0.15) is 36.8 Å². The van der Waals surface area contributed by atoms with E-state index in [1.807, 2.05) is 23.1 Å². The van der Waals surface area contributed by atoms with Crippen LogP contribution >= 0.6 is 0 Å². The number of nitrogens with two attached hydrogens (primary N) is 1. The number of nitrogens with zero attached hydrogens (tertiary/aromatic N) is 5. The van der Waals surface area contributed by atoms with Gasteiger partial charge in [0.1, 0.15) is 18.6 Å². The van der Waals surface area contributed by atoms with Gasteiger partial charge >= 0.3 is 0 Å². The van der Waals surface area contributed by atoms with Crippen LogP contribution in [0.15, 0.2) is 35.7 Å². The average molecular weight is 497 g/mol. The Morgan fingerprint density at radius 1 is 0.944 bits per heavy atom. The summed E-state index contributed by atoms with van der Waals surface area (Å²) in [5, 5.41) is 4.36. The number of likely N-dealkylation sites (tertiary alicyclic amines) is 2. The van der Waals surface area contributed by atoms with Gasteiger partial charge in [-0.1, -0.05) is 5.16 Å². The summed E-state index contributed by atoms with van der Waals surface area (Å²) in [5.41, 5.74) is 8.39. The van der Waals surface area contributed by atoms with Crippen molar-refractivity contribution in [1.29, 1.82) is 0 Å². The molecule has 1 aromatic heterocycles. The minimum atomic E-state index is 0.0789. The number of nitrogen functional groups attached to an aromatic ring is 1. The molecule has 10 nitrogen and oxygen atoms in total. The summed E-state index contributed by atoms with van der Waals surface area (Å²) in [5.74, 6) is 2.24. The highest BCUT2D eigenvalue weighted by atomic mass is 16.6. The first kappa shape index (κ1) is 25.7. The van der Waals surface area contributed by atoms with Gasteiger partial charge in [0, 0.05) is 61.1 Å². The molecule has 2 aromatic rings. The second kappa shape index (κ2) is 12.0. The van der Waals surface area contributed by atoms with Crippen molar-refractivity contribution in [3.63, 3.8) is 0 Å². The Labute approximate surface area is 212 Å². The molecule has 1 aromatic carbocycles. The Morgan fingerprint density at radius 3 is 2.08 bits per heavy atom. The number of carbonyl (C=O) groups excluding carboxylic acids is 1. The Hall–Kier alpha value is -3.40. The summed E-state index contributed by atoms with van der Waals surface area (Å²) in [6.45, 7) is 4.00. The maximum Gasteiger partial charge on any atom is 0.225 e. The lowest BCUT2D eigenvalue weighted by atomic mass is 9.87. The fourth-order valence-corrected chi connectivity index (χ4v) is 5.09. The van der Waals surface area contributed by atoms with E-state index in [1.165, 1.54) is 0 Å². The van der Waals surface area contributed by atoms with Crippen LogP contribution < -0.4 is 15.2 Å². The molecule has 1 amide bonds. The zero-order valence-corrected chi connectivity index (χ0v) is 21.4. The number of aromatic nitrogens is 2. The van der Waals surface area contributed by atoms with E-state index < -0.39 is 0 Å². The first-order valence-electron chi connectivity index (χ1n) is 12.4. The monoisotopic (exact) mass is 496 g/mol. The molecule has 194 valence electrons. The first-order valence-corrected chi connectivity index (χ1v) is 12.4. The zero-order valence-electron chi connectivity index (χ0n) is 21.4. The number of carbonyl (C=O) groups is 1. The topological polar surface area (TPSA) is 115 Å². The maximum absolute atomic E-state index is 13.3. The van der Waals surface area contributed by atoms with Crippen molar-refractivity contribution in [1.82, 2.24) is 19.8 Å². The number of hydrogen-bond donors (Lipinski definition) is 1. The van der Waals surface area contributed by atoms with Crippen molar-refractivity contribution >= 4 is 17.6 Å². The number of ether oxygens (including phenoxy) is 2. The van der Waals surface area contributed by atoms with Gasteiger partial charge < -0.3 is 24.9 Å². The summed E-state index contributed by atoms with van der Waals surface area (Å²) in [7, 11) is 4.82. The molecule has 0 spiro atoms. The molecule has 2 aliphatic heterocycles. The highest BCUT2D eigenvalue weighted by Gasteiger charge is 2.32. The van der Waals surface area contributed by atoms with E-state index in [4.69, 9.17) is 20.0 Å². The van der Waals surface area contributed by atoms with Crippen molar-refractivity contribution in [2.24, 2.45) is 17.0 Å². The van der Waals surface area contributed by atoms with Crippen LogP contribution in [0, 0.1) is 11.8 Å². The molecule has 2 fully saturated rings. The zero-order chi connectivity index (χ0) is 25.5. The number of methoxy groups -OCH3 is 2. The van der Waals surface area contributed by atoms with Crippen molar-refractivity contribution in [3.05, 3.63) is 41.7 Å². The van der Waals surface area contributed by atoms with Crippen LogP contribution in [0.2, 0.25) is 0 Å². The van der Waals surface area contributed by atoms with Crippen molar-refractivity contribution in [3.8, 4) is 11.5 Å². The minimum Gasteiger partial charge on any atom is -0.497 e. The van der Waals surface area contributed by atoms with Gasteiger partial charge in [-0.2, -0.15) is 0 Å². The third kappa shape index (κ3) is 6.23. The Kier molecular flexibility index (Phi) is 8.58. The average Bonchev–Trinajstić information content (AvgIpc) is 2.93. The molecule has 3 heterocycles. The standard InChI is InChI=1S/C26H36N6O4/c1-34-22-12-21(13-23(14-22)35-2)24(30-36-3)19-6-10-32(11-7-19)25(33)20-4-8-31(9-5-20)17-18-15-28-26(27)29-16-18/h12-16,19-20H,4-11,17H2,1-3H3,(H2,27,28,29)/b30-24-. The van der Waals surface area contributed by atoms with Crippen LogP contribution in [0.25, 0.3) is 0 Å². The molecule has 0 aliphatic carbocycles. The second-order valence-corrected chi connectivity index (χ2v) is 9.36. The van der Waals surface area contributed by atoms with Gasteiger partial charge in [-0.25, -0.2) is 9.97 Å². The van der Waals surface area contributed by atoms with Gasteiger partial charge in [0.2, 0.25) is 11.9 Å². The second-order valence-electron chi connectivity index (χ2n) is 9.36. The number of hydrogen-bond acceptors (Lipinski definition) is 9. The van der Waals surface area contributed by atoms with E-state index in [2.05, 4.69) is 20.0 Å². The van der Waals surface area contributed by atoms with E-state index in [-0.39, 0.29) is 23.7 Å². The molecule has 2 N–H and O–H groups in total. The molecular formula is C26H36N6O4. The van der Waals surface area contributed by atoms with Gasteiger partial charge in [0.15, 0.2) is 0 Å². The van der Waals surface area contributed by atoms with Gasteiger partial charge in [0.25, 0.3) is 0 Å². The lowest BCUT2D eigenvalue weighted by molar-refractivity contribution is -0.138. The predicted octanol–water partition coefficient (Wildman–Crippen LogP) is 2.58. The number of piperidine rings is 2. The number of oxime groups is 1. The van der Waals surface area contributed by atoms with Crippen LogP contribution in [0.4, 0.5) is 5.95 Å². The summed E-state index contributed by atoms with van der Waals surface area (Å²) in [6.07, 6.45) is 6.95. The summed E-state index contributed by atoms with van der Waals surface area (Å²) in [4.78, 5) is 31.0. The van der Waals surface area contributed by atoms with Crippen LogP contribution in [0.5, 0.6) is 11.5 Å². The van der Waals surface area contributed by atoms with E-state index in [1.54, 1.807) is 33.7 Å². The molecule has 0 saturated carbocycles. The SMILES string of the molecule is CO/N=C(\c1cc(OC)cc(OC)c1)C1CCN(C(=O)C2CCN(Cc3cnc(N)nc3)CC2)CC1. The minimum absolute atomic E-state index is 0.0789. The van der Waals surface area contributed by atoms with Gasteiger partial charge in [-0.05, 0) is 50.9 Å². The third-order valence-corrected chi connectivity index (χ3v) is 7.10. The third-order valence-electron chi connectivity index (χ3n) is 7.10. The Bertz CT molecular complexity index is 1020. The summed E-state index contributed by atoms with van der Waals surface area (Å²) < 4.78 is 10.9. The number of amides is 1. The van der Waals surface area contributed by atoms with Crippen molar-refractivity contribution in [2.75, 3.05) is 53.2 Å². The molecule has 36 heavy (non-hydrogen) atoms. The highest BCUT2D eigenvalue weighted by molar-refractivity contribution is 6.02. The summed E-state index contributed by atoms with van der Waals surface area (Å²) in [6, 6.07) is 5.73. The van der Waals surface area contributed by atoms with E-state index in [9.17, 15) is 4.79 Å². The molecule has 10 heteroatoms. The largest absolute Gasteiger partial charge is 0.497 e. The van der Waals surface area contributed by atoms with Gasteiger partial charge in [0.05, 0.1) is 19.9 Å². The smallest absolute Gasteiger partial charge is 0.225 e. The van der Waals surface area contributed by atoms with Gasteiger partial charge in [-0.15, -0.1) is 0 Å².